The predicted molar refractivity (Wildman–Crippen MR) is 79.7 cm³/mol. The van der Waals surface area contributed by atoms with Crippen molar-refractivity contribution >= 4 is 12.0 Å². The van der Waals surface area contributed by atoms with Crippen molar-refractivity contribution in [1.29, 1.82) is 0 Å². The summed E-state index contributed by atoms with van der Waals surface area (Å²) in [7, 11) is 2.63. The summed E-state index contributed by atoms with van der Waals surface area (Å²) >= 11 is 0. The molecule has 0 radical (unpaired) electrons. The fourth-order valence-corrected chi connectivity index (χ4v) is 1.98. The molecule has 1 atom stereocenters. The van der Waals surface area contributed by atoms with Gasteiger partial charge in [-0.25, -0.2) is 4.79 Å². The SMILES string of the molecule is COc1ccc(CNC(=O)N(C)CC(C)C(=O)O)c(C(F)(F)F)c1. The van der Waals surface area contributed by atoms with E-state index < -0.39 is 29.7 Å². The number of halogens is 3. The lowest BCUT2D eigenvalue weighted by molar-refractivity contribution is -0.141. The Kier molecular flexibility index (Phi) is 6.44. The first kappa shape index (κ1) is 19.6. The molecule has 0 aliphatic carbocycles. The predicted octanol–water partition coefficient (Wildman–Crippen LogP) is 2.58. The Morgan fingerprint density at radius 3 is 2.50 bits per heavy atom. The minimum atomic E-state index is -4.58. The van der Waals surface area contributed by atoms with Gasteiger partial charge in [-0.15, -0.1) is 0 Å². The number of alkyl halides is 3. The average Bonchev–Trinajstić information content (AvgIpc) is 2.51. The Hall–Kier alpha value is -2.45. The largest absolute Gasteiger partial charge is 0.497 e. The van der Waals surface area contributed by atoms with Crippen LogP contribution in [0.2, 0.25) is 0 Å². The molecule has 0 spiro atoms. The smallest absolute Gasteiger partial charge is 0.416 e. The van der Waals surface area contributed by atoms with E-state index in [0.717, 1.165) is 11.0 Å². The zero-order valence-electron chi connectivity index (χ0n) is 13.5. The third kappa shape index (κ3) is 5.32. The van der Waals surface area contributed by atoms with Gasteiger partial charge in [0.2, 0.25) is 0 Å². The van der Waals surface area contributed by atoms with Gasteiger partial charge in [0.15, 0.2) is 0 Å². The molecule has 6 nitrogen and oxygen atoms in total. The van der Waals surface area contributed by atoms with Gasteiger partial charge in [0.1, 0.15) is 5.75 Å². The van der Waals surface area contributed by atoms with E-state index in [1.807, 2.05) is 0 Å². The molecule has 0 saturated heterocycles. The number of carbonyl (C=O) groups excluding carboxylic acids is 1. The third-order valence-electron chi connectivity index (χ3n) is 3.37. The number of carboxylic acid groups (broad SMARTS) is 1. The van der Waals surface area contributed by atoms with Crippen LogP contribution < -0.4 is 10.1 Å². The van der Waals surface area contributed by atoms with Crippen molar-refractivity contribution in [3.05, 3.63) is 29.3 Å². The first-order valence-corrected chi connectivity index (χ1v) is 7.02. The van der Waals surface area contributed by atoms with Crippen molar-refractivity contribution in [3.8, 4) is 5.75 Å². The van der Waals surface area contributed by atoms with Gasteiger partial charge < -0.3 is 20.1 Å². The topological polar surface area (TPSA) is 78.9 Å². The number of hydrogen-bond donors (Lipinski definition) is 2. The molecular weight excluding hydrogens is 329 g/mol. The Morgan fingerprint density at radius 2 is 2.00 bits per heavy atom. The van der Waals surface area contributed by atoms with Crippen molar-refractivity contribution in [3.63, 3.8) is 0 Å². The molecule has 1 rings (SSSR count). The maximum Gasteiger partial charge on any atom is 0.416 e. The van der Waals surface area contributed by atoms with E-state index >= 15 is 0 Å². The molecule has 0 saturated carbocycles. The molecule has 0 aliphatic rings. The van der Waals surface area contributed by atoms with Crippen LogP contribution in [-0.4, -0.2) is 42.7 Å². The Bertz CT molecular complexity index is 605. The van der Waals surface area contributed by atoms with Gasteiger partial charge in [0.05, 0.1) is 18.6 Å². The molecule has 1 aromatic rings. The lowest BCUT2D eigenvalue weighted by Gasteiger charge is -2.21. The van der Waals surface area contributed by atoms with E-state index in [0.29, 0.717) is 0 Å². The molecule has 0 aromatic heterocycles. The number of ether oxygens (including phenoxy) is 1. The van der Waals surface area contributed by atoms with Crippen molar-refractivity contribution in [2.45, 2.75) is 19.6 Å². The van der Waals surface area contributed by atoms with Gasteiger partial charge in [-0.3, -0.25) is 4.79 Å². The van der Waals surface area contributed by atoms with Crippen LogP contribution in [0.3, 0.4) is 0 Å². The molecule has 1 aromatic carbocycles. The highest BCUT2D eigenvalue weighted by Crippen LogP contribution is 2.34. The second kappa shape index (κ2) is 7.89. The van der Waals surface area contributed by atoms with Crippen LogP contribution in [0.25, 0.3) is 0 Å². The molecule has 9 heteroatoms. The number of rotatable bonds is 6. The normalized spacial score (nSPS) is 12.4. The second-order valence-electron chi connectivity index (χ2n) is 5.30. The number of nitrogens with zero attached hydrogens (tertiary/aromatic N) is 1. The van der Waals surface area contributed by atoms with Crippen LogP contribution in [0, 0.1) is 5.92 Å². The van der Waals surface area contributed by atoms with Gasteiger partial charge in [-0.2, -0.15) is 13.2 Å². The number of benzene rings is 1. The fourth-order valence-electron chi connectivity index (χ4n) is 1.98. The van der Waals surface area contributed by atoms with Crippen LogP contribution >= 0.6 is 0 Å². The van der Waals surface area contributed by atoms with Gasteiger partial charge in [-0.05, 0) is 17.7 Å². The Balaban J connectivity index is 2.80. The standard InChI is InChI=1S/C15H19F3N2O4/c1-9(13(21)22)8-20(2)14(23)19-7-10-4-5-11(24-3)6-12(10)15(16,17)18/h4-6,9H,7-8H2,1-3H3,(H,19,23)(H,21,22). The summed E-state index contributed by atoms with van der Waals surface area (Å²) in [6.45, 7) is 1.02. The maximum atomic E-state index is 13.1. The number of hydrogen-bond acceptors (Lipinski definition) is 3. The third-order valence-corrected chi connectivity index (χ3v) is 3.37. The number of carbonyl (C=O) groups is 2. The summed E-state index contributed by atoms with van der Waals surface area (Å²) in [5.41, 5.74) is -1.01. The Morgan fingerprint density at radius 1 is 1.38 bits per heavy atom. The first-order chi connectivity index (χ1) is 11.1. The lowest BCUT2D eigenvalue weighted by Crippen LogP contribution is -2.40. The first-order valence-electron chi connectivity index (χ1n) is 7.02. The molecule has 0 heterocycles. The molecule has 2 N–H and O–H groups in total. The van der Waals surface area contributed by atoms with Crippen LogP contribution in [0.1, 0.15) is 18.1 Å². The number of methoxy groups -OCH3 is 1. The molecule has 0 fully saturated rings. The number of urea groups is 1. The summed E-state index contributed by atoms with van der Waals surface area (Å²) < 4.78 is 44.0. The van der Waals surface area contributed by atoms with Gasteiger partial charge >= 0.3 is 18.2 Å². The van der Waals surface area contributed by atoms with Gasteiger partial charge in [-0.1, -0.05) is 13.0 Å². The van der Waals surface area contributed by atoms with Gasteiger partial charge in [0.25, 0.3) is 0 Å². The van der Waals surface area contributed by atoms with E-state index in [9.17, 15) is 22.8 Å². The number of carboxylic acids is 1. The van der Waals surface area contributed by atoms with Crippen molar-refractivity contribution in [1.82, 2.24) is 10.2 Å². The molecule has 0 aliphatic heterocycles. The molecule has 24 heavy (non-hydrogen) atoms. The van der Waals surface area contributed by atoms with E-state index in [4.69, 9.17) is 9.84 Å². The molecule has 0 bridgehead atoms. The van der Waals surface area contributed by atoms with Gasteiger partial charge in [0, 0.05) is 20.1 Å². The number of nitrogens with one attached hydrogen (secondary N) is 1. The highest BCUT2D eigenvalue weighted by Gasteiger charge is 2.34. The van der Waals surface area contributed by atoms with Crippen LogP contribution in [0.4, 0.5) is 18.0 Å². The molecule has 1 unspecified atom stereocenters. The van der Waals surface area contributed by atoms with Crippen LogP contribution in [0.15, 0.2) is 18.2 Å². The molecule has 2 amide bonds. The van der Waals surface area contributed by atoms with Crippen molar-refractivity contribution in [2.75, 3.05) is 20.7 Å². The summed E-state index contributed by atoms with van der Waals surface area (Å²) in [5.74, 6) is -1.79. The highest BCUT2D eigenvalue weighted by atomic mass is 19.4. The van der Waals surface area contributed by atoms with E-state index in [1.54, 1.807) is 0 Å². The van der Waals surface area contributed by atoms with Crippen LogP contribution in [-0.2, 0) is 17.5 Å². The van der Waals surface area contributed by atoms with Crippen molar-refractivity contribution in [2.24, 2.45) is 5.92 Å². The van der Waals surface area contributed by atoms with Crippen LogP contribution in [0.5, 0.6) is 5.75 Å². The summed E-state index contributed by atoms with van der Waals surface area (Å²) in [4.78, 5) is 23.7. The number of amides is 2. The quantitative estimate of drug-likeness (QED) is 0.828. The zero-order valence-corrected chi connectivity index (χ0v) is 13.5. The highest BCUT2D eigenvalue weighted by molar-refractivity contribution is 5.75. The van der Waals surface area contributed by atoms with E-state index in [1.165, 1.54) is 33.2 Å². The van der Waals surface area contributed by atoms with E-state index in [2.05, 4.69) is 5.32 Å². The lowest BCUT2D eigenvalue weighted by atomic mass is 10.1. The minimum absolute atomic E-state index is 0.0596. The second-order valence-corrected chi connectivity index (χ2v) is 5.30. The zero-order chi connectivity index (χ0) is 18.5. The summed E-state index contributed by atoms with van der Waals surface area (Å²) in [6, 6.07) is 2.79. The number of aliphatic carboxylic acids is 1. The van der Waals surface area contributed by atoms with Crippen molar-refractivity contribution < 1.29 is 32.6 Å². The fraction of sp³-hybridized carbons (Fsp3) is 0.467. The van der Waals surface area contributed by atoms with E-state index in [-0.39, 0.29) is 24.4 Å². The Labute approximate surface area is 137 Å². The minimum Gasteiger partial charge on any atom is -0.497 e. The molecular formula is C15H19F3N2O4. The monoisotopic (exact) mass is 348 g/mol. The summed E-state index contributed by atoms with van der Waals surface area (Å²) in [5, 5.41) is 11.1. The average molecular weight is 348 g/mol. The molecule has 134 valence electrons. The summed E-state index contributed by atoms with van der Waals surface area (Å²) in [6.07, 6.45) is -4.58. The maximum absolute atomic E-state index is 13.1.